The molecule has 1 aromatic rings. The second-order valence-electron chi connectivity index (χ2n) is 3.23. The number of halogens is 1. The molecule has 0 aliphatic carbocycles. The van der Waals surface area contributed by atoms with Crippen LogP contribution in [0.5, 0.6) is 0 Å². The maximum atomic E-state index is 11.4. The molecule has 1 N–H and O–H groups in total. The van der Waals surface area contributed by atoms with Crippen molar-refractivity contribution in [1.29, 1.82) is 0 Å². The summed E-state index contributed by atoms with van der Waals surface area (Å²) in [7, 11) is 0. The van der Waals surface area contributed by atoms with Gasteiger partial charge < -0.3 is 5.32 Å². The quantitative estimate of drug-likeness (QED) is 0.787. The Balaban J connectivity index is 2.34. The highest BCUT2D eigenvalue weighted by Crippen LogP contribution is 2.06. The van der Waals surface area contributed by atoms with E-state index in [0.717, 1.165) is 19.3 Å². The van der Waals surface area contributed by atoms with Crippen LogP contribution in [0.1, 0.15) is 32.6 Å². The van der Waals surface area contributed by atoms with Gasteiger partial charge in [0.05, 0.1) is 12.4 Å². The average Bonchev–Trinajstić information content (AvgIpc) is 2.22. The third-order valence-electron chi connectivity index (χ3n) is 1.90. The van der Waals surface area contributed by atoms with E-state index in [0.29, 0.717) is 17.4 Å². The van der Waals surface area contributed by atoms with Crippen LogP contribution in [0.25, 0.3) is 0 Å². The molecule has 0 aliphatic rings. The van der Waals surface area contributed by atoms with Crippen LogP contribution in [0.4, 0.5) is 5.82 Å². The summed E-state index contributed by atoms with van der Waals surface area (Å²) in [5.74, 6) is 0.418. The van der Waals surface area contributed by atoms with E-state index in [-0.39, 0.29) is 5.91 Å². The van der Waals surface area contributed by atoms with Gasteiger partial charge in [-0.3, -0.25) is 4.79 Å². The van der Waals surface area contributed by atoms with Gasteiger partial charge in [-0.1, -0.05) is 31.4 Å². The van der Waals surface area contributed by atoms with E-state index < -0.39 is 0 Å². The SMILES string of the molecule is CCCCCC(=O)Nc1cnc(Cl)cn1. The van der Waals surface area contributed by atoms with Gasteiger partial charge in [-0.25, -0.2) is 9.97 Å². The Morgan fingerprint density at radius 3 is 2.80 bits per heavy atom. The minimum Gasteiger partial charge on any atom is -0.309 e. The Hall–Kier alpha value is -1.16. The summed E-state index contributed by atoms with van der Waals surface area (Å²) in [6.07, 6.45) is 6.46. The molecule has 0 unspecified atom stereocenters. The monoisotopic (exact) mass is 227 g/mol. The van der Waals surface area contributed by atoms with Crippen LogP contribution in [-0.4, -0.2) is 15.9 Å². The van der Waals surface area contributed by atoms with E-state index in [1.165, 1.54) is 12.4 Å². The van der Waals surface area contributed by atoms with Crippen LogP contribution in [-0.2, 0) is 4.79 Å². The summed E-state index contributed by atoms with van der Waals surface area (Å²) in [6, 6.07) is 0. The Morgan fingerprint density at radius 1 is 1.40 bits per heavy atom. The van der Waals surface area contributed by atoms with Crippen molar-refractivity contribution >= 4 is 23.3 Å². The zero-order chi connectivity index (χ0) is 11.1. The molecule has 4 nitrogen and oxygen atoms in total. The predicted octanol–water partition coefficient (Wildman–Crippen LogP) is 2.65. The van der Waals surface area contributed by atoms with E-state index in [9.17, 15) is 4.79 Å². The third kappa shape index (κ3) is 4.74. The lowest BCUT2D eigenvalue weighted by Crippen LogP contribution is -2.12. The van der Waals surface area contributed by atoms with Crippen LogP contribution < -0.4 is 5.32 Å². The summed E-state index contributed by atoms with van der Waals surface area (Å²) in [5, 5.41) is 2.98. The van der Waals surface area contributed by atoms with Crippen molar-refractivity contribution in [2.24, 2.45) is 0 Å². The van der Waals surface area contributed by atoms with Gasteiger partial charge in [0.2, 0.25) is 5.91 Å². The number of hydrogen-bond acceptors (Lipinski definition) is 3. The molecule has 0 spiro atoms. The lowest BCUT2D eigenvalue weighted by atomic mass is 10.2. The van der Waals surface area contributed by atoms with E-state index in [1.807, 2.05) is 0 Å². The lowest BCUT2D eigenvalue weighted by molar-refractivity contribution is -0.116. The Kier molecular flexibility index (Phi) is 5.04. The molecule has 0 saturated carbocycles. The van der Waals surface area contributed by atoms with Gasteiger partial charge in [0.15, 0.2) is 5.82 Å². The number of hydrogen-bond donors (Lipinski definition) is 1. The third-order valence-corrected chi connectivity index (χ3v) is 2.09. The second-order valence-corrected chi connectivity index (χ2v) is 3.62. The predicted molar refractivity (Wildman–Crippen MR) is 59.8 cm³/mol. The van der Waals surface area contributed by atoms with Gasteiger partial charge >= 0.3 is 0 Å². The Labute approximate surface area is 94.1 Å². The van der Waals surface area contributed by atoms with Crippen molar-refractivity contribution < 1.29 is 4.79 Å². The lowest BCUT2D eigenvalue weighted by Gasteiger charge is -2.02. The zero-order valence-corrected chi connectivity index (χ0v) is 9.42. The number of amides is 1. The van der Waals surface area contributed by atoms with Crippen molar-refractivity contribution in [3.05, 3.63) is 17.5 Å². The van der Waals surface area contributed by atoms with Crippen LogP contribution in [0.2, 0.25) is 5.15 Å². The van der Waals surface area contributed by atoms with Crippen molar-refractivity contribution in [3.8, 4) is 0 Å². The molecule has 1 heterocycles. The smallest absolute Gasteiger partial charge is 0.225 e. The number of nitrogens with one attached hydrogen (secondary N) is 1. The van der Waals surface area contributed by atoms with Gasteiger partial charge in [0, 0.05) is 6.42 Å². The van der Waals surface area contributed by atoms with Crippen molar-refractivity contribution in [2.45, 2.75) is 32.6 Å². The first-order valence-corrected chi connectivity index (χ1v) is 5.37. The van der Waals surface area contributed by atoms with E-state index in [4.69, 9.17) is 11.6 Å². The first kappa shape index (κ1) is 11.9. The fourth-order valence-electron chi connectivity index (χ4n) is 1.12. The van der Waals surface area contributed by atoms with Gasteiger partial charge in [0.25, 0.3) is 0 Å². The molecule has 0 atom stereocenters. The fraction of sp³-hybridized carbons (Fsp3) is 0.500. The summed E-state index contributed by atoms with van der Waals surface area (Å²) in [4.78, 5) is 19.1. The van der Waals surface area contributed by atoms with Gasteiger partial charge in [-0.15, -0.1) is 0 Å². The zero-order valence-electron chi connectivity index (χ0n) is 8.66. The summed E-state index contributed by atoms with van der Waals surface area (Å²) >= 11 is 5.56. The van der Waals surface area contributed by atoms with E-state index >= 15 is 0 Å². The van der Waals surface area contributed by atoms with Crippen LogP contribution >= 0.6 is 11.6 Å². The van der Waals surface area contributed by atoms with Gasteiger partial charge in [-0.05, 0) is 6.42 Å². The molecule has 82 valence electrons. The molecule has 0 aromatic carbocycles. The molecule has 0 fully saturated rings. The number of unbranched alkanes of at least 4 members (excludes halogenated alkanes) is 2. The van der Waals surface area contributed by atoms with Crippen LogP contribution in [0.3, 0.4) is 0 Å². The molecule has 0 saturated heterocycles. The summed E-state index contributed by atoms with van der Waals surface area (Å²) in [6.45, 7) is 2.10. The first-order valence-electron chi connectivity index (χ1n) is 4.99. The maximum Gasteiger partial charge on any atom is 0.225 e. The maximum absolute atomic E-state index is 11.4. The molecule has 0 aliphatic heterocycles. The Bertz CT molecular complexity index is 313. The normalized spacial score (nSPS) is 10.0. The number of aromatic nitrogens is 2. The minimum atomic E-state index is -0.0277. The molecule has 1 aromatic heterocycles. The highest BCUT2D eigenvalue weighted by atomic mass is 35.5. The van der Waals surface area contributed by atoms with Crippen LogP contribution in [0.15, 0.2) is 12.4 Å². The molecule has 5 heteroatoms. The van der Waals surface area contributed by atoms with Gasteiger partial charge in [0.1, 0.15) is 5.15 Å². The standard InChI is InChI=1S/C10H14ClN3O/c1-2-3-4-5-10(15)14-9-7-12-8(11)6-13-9/h6-7H,2-5H2,1H3,(H,13,14,15). The second kappa shape index (κ2) is 6.35. The Morgan fingerprint density at radius 2 is 2.20 bits per heavy atom. The summed E-state index contributed by atoms with van der Waals surface area (Å²) < 4.78 is 0. The number of carbonyl (C=O) groups is 1. The largest absolute Gasteiger partial charge is 0.309 e. The van der Waals surface area contributed by atoms with E-state index in [1.54, 1.807) is 0 Å². The fourth-order valence-corrected chi connectivity index (χ4v) is 1.22. The van der Waals surface area contributed by atoms with Crippen LogP contribution in [0, 0.1) is 0 Å². The topological polar surface area (TPSA) is 54.9 Å². The highest BCUT2D eigenvalue weighted by Gasteiger charge is 2.02. The number of nitrogens with zero attached hydrogens (tertiary/aromatic N) is 2. The molecule has 1 amide bonds. The highest BCUT2D eigenvalue weighted by molar-refractivity contribution is 6.29. The average molecular weight is 228 g/mol. The minimum absolute atomic E-state index is 0.0277. The molecule has 15 heavy (non-hydrogen) atoms. The van der Waals surface area contributed by atoms with Gasteiger partial charge in [-0.2, -0.15) is 0 Å². The molecule has 0 bridgehead atoms. The van der Waals surface area contributed by atoms with Crippen molar-refractivity contribution in [2.75, 3.05) is 5.32 Å². The van der Waals surface area contributed by atoms with Crippen molar-refractivity contribution in [1.82, 2.24) is 9.97 Å². The number of anilines is 1. The molecule has 1 rings (SSSR count). The number of rotatable bonds is 5. The molecular weight excluding hydrogens is 214 g/mol. The van der Waals surface area contributed by atoms with Crippen molar-refractivity contribution in [3.63, 3.8) is 0 Å². The summed E-state index contributed by atoms with van der Waals surface area (Å²) in [5.41, 5.74) is 0. The number of carbonyl (C=O) groups excluding carboxylic acids is 1. The first-order chi connectivity index (χ1) is 7.22. The van der Waals surface area contributed by atoms with E-state index in [2.05, 4.69) is 22.2 Å². The molecule has 0 radical (unpaired) electrons. The molecular formula is C10H14ClN3O.